The van der Waals surface area contributed by atoms with Crippen LogP contribution in [-0.2, 0) is 14.6 Å². The number of hydrogen-bond acceptors (Lipinski definition) is 3. The van der Waals surface area contributed by atoms with Gasteiger partial charge in [0.15, 0.2) is 15.1 Å². The molecule has 0 bridgehead atoms. The minimum Gasteiger partial charge on any atom is -0.480 e. The number of aliphatic carboxylic acids is 1. The molecular formula is C15H14O4S. The summed E-state index contributed by atoms with van der Waals surface area (Å²) in [6, 6.07) is 15.8. The van der Waals surface area contributed by atoms with Crippen molar-refractivity contribution in [2.75, 3.05) is 0 Å². The molecule has 0 aliphatic heterocycles. The molecule has 2 aromatic rings. The second-order valence-electron chi connectivity index (χ2n) is 4.42. The minimum absolute atomic E-state index is 0.0204. The number of carboxylic acid groups (broad SMARTS) is 1. The fourth-order valence-corrected chi connectivity index (χ4v) is 2.99. The zero-order valence-corrected chi connectivity index (χ0v) is 11.7. The van der Waals surface area contributed by atoms with Crippen LogP contribution >= 0.6 is 0 Å². The van der Waals surface area contributed by atoms with Crippen LogP contribution in [0.2, 0.25) is 0 Å². The Labute approximate surface area is 117 Å². The summed E-state index contributed by atoms with van der Waals surface area (Å²) in [4.78, 5) is 10.8. The molecule has 0 radical (unpaired) electrons. The van der Waals surface area contributed by atoms with E-state index >= 15 is 0 Å². The Morgan fingerprint density at radius 3 is 1.95 bits per heavy atom. The van der Waals surface area contributed by atoms with E-state index in [0.717, 1.165) is 11.1 Å². The molecule has 2 rings (SSSR count). The predicted octanol–water partition coefficient (Wildman–Crippen LogP) is 2.60. The predicted molar refractivity (Wildman–Crippen MR) is 76.2 cm³/mol. The third-order valence-corrected chi connectivity index (χ3v) is 5.16. The minimum atomic E-state index is -3.84. The van der Waals surface area contributed by atoms with Crippen LogP contribution in [0.4, 0.5) is 0 Å². The Kier molecular flexibility index (Phi) is 3.90. The zero-order chi connectivity index (χ0) is 14.8. The molecule has 2 aromatic carbocycles. The number of sulfone groups is 1. The van der Waals surface area contributed by atoms with E-state index in [0.29, 0.717) is 0 Å². The smallest absolute Gasteiger partial charge is 0.321 e. The molecule has 5 heteroatoms. The molecule has 20 heavy (non-hydrogen) atoms. The Bertz CT molecular complexity index is 703. The average molecular weight is 290 g/mol. The summed E-state index contributed by atoms with van der Waals surface area (Å²) in [6.45, 7) is 1.17. The van der Waals surface area contributed by atoms with E-state index < -0.39 is 21.1 Å². The quantitative estimate of drug-likeness (QED) is 0.939. The normalized spacial score (nSPS) is 12.8. The molecule has 0 unspecified atom stereocenters. The number of rotatable bonds is 4. The lowest BCUT2D eigenvalue weighted by Gasteiger charge is -2.09. The lowest BCUT2D eigenvalue weighted by atomic mass is 10.1. The van der Waals surface area contributed by atoms with E-state index in [2.05, 4.69) is 0 Å². The van der Waals surface area contributed by atoms with Crippen LogP contribution in [0, 0.1) is 0 Å². The highest BCUT2D eigenvalue weighted by molar-refractivity contribution is 7.92. The van der Waals surface area contributed by atoms with Crippen LogP contribution in [-0.4, -0.2) is 24.7 Å². The van der Waals surface area contributed by atoms with E-state index in [9.17, 15) is 13.2 Å². The average Bonchev–Trinajstić information content (AvgIpc) is 2.47. The van der Waals surface area contributed by atoms with Crippen molar-refractivity contribution < 1.29 is 18.3 Å². The van der Waals surface area contributed by atoms with Gasteiger partial charge in [-0.2, -0.15) is 0 Å². The van der Waals surface area contributed by atoms with Crippen molar-refractivity contribution in [3.8, 4) is 11.1 Å². The molecule has 0 aliphatic rings. The Morgan fingerprint density at radius 1 is 0.950 bits per heavy atom. The van der Waals surface area contributed by atoms with Gasteiger partial charge < -0.3 is 5.11 Å². The lowest BCUT2D eigenvalue weighted by molar-refractivity contribution is -0.136. The van der Waals surface area contributed by atoms with Gasteiger partial charge in [0, 0.05) is 0 Å². The molecule has 0 fully saturated rings. The van der Waals surface area contributed by atoms with Crippen LogP contribution in [0.3, 0.4) is 0 Å². The van der Waals surface area contributed by atoms with Crippen LogP contribution in [0.15, 0.2) is 59.5 Å². The molecular weight excluding hydrogens is 276 g/mol. The van der Waals surface area contributed by atoms with Gasteiger partial charge in [0.05, 0.1) is 4.90 Å². The first-order chi connectivity index (χ1) is 9.43. The first kappa shape index (κ1) is 14.3. The number of carboxylic acids is 1. The van der Waals surface area contributed by atoms with Gasteiger partial charge in [0.2, 0.25) is 0 Å². The van der Waals surface area contributed by atoms with E-state index in [-0.39, 0.29) is 4.90 Å². The van der Waals surface area contributed by atoms with Gasteiger partial charge in [-0.15, -0.1) is 0 Å². The maximum Gasteiger partial charge on any atom is 0.321 e. The maximum atomic E-state index is 12.0. The molecule has 0 aliphatic carbocycles. The van der Waals surface area contributed by atoms with Crippen LogP contribution in [0.1, 0.15) is 6.92 Å². The second-order valence-corrected chi connectivity index (χ2v) is 6.68. The second kappa shape index (κ2) is 5.46. The molecule has 1 atom stereocenters. The number of carbonyl (C=O) groups is 1. The molecule has 0 saturated heterocycles. The lowest BCUT2D eigenvalue weighted by Crippen LogP contribution is -2.26. The maximum absolute atomic E-state index is 12.0. The largest absolute Gasteiger partial charge is 0.480 e. The Balaban J connectivity index is 2.36. The van der Waals surface area contributed by atoms with Crippen LogP contribution in [0.25, 0.3) is 11.1 Å². The molecule has 0 saturated carbocycles. The molecule has 0 heterocycles. The van der Waals surface area contributed by atoms with Crippen molar-refractivity contribution in [1.82, 2.24) is 0 Å². The first-order valence-corrected chi connectivity index (χ1v) is 7.60. The SMILES string of the molecule is C[C@H](C(=O)O)S(=O)(=O)c1ccc(-c2ccccc2)cc1. The van der Waals surface area contributed by atoms with Crippen molar-refractivity contribution >= 4 is 15.8 Å². The fourth-order valence-electron chi connectivity index (χ4n) is 1.80. The third kappa shape index (κ3) is 2.72. The summed E-state index contributed by atoms with van der Waals surface area (Å²) in [5.41, 5.74) is 1.86. The third-order valence-electron chi connectivity index (χ3n) is 3.10. The zero-order valence-electron chi connectivity index (χ0n) is 10.9. The van der Waals surface area contributed by atoms with Crippen molar-refractivity contribution in [3.05, 3.63) is 54.6 Å². The topological polar surface area (TPSA) is 71.4 Å². The highest BCUT2D eigenvalue weighted by Crippen LogP contribution is 2.23. The van der Waals surface area contributed by atoms with Crippen LogP contribution < -0.4 is 0 Å². The van der Waals surface area contributed by atoms with E-state index in [1.165, 1.54) is 19.1 Å². The van der Waals surface area contributed by atoms with Gasteiger partial charge in [0.1, 0.15) is 0 Å². The summed E-state index contributed by atoms with van der Waals surface area (Å²) in [6.07, 6.45) is 0. The van der Waals surface area contributed by atoms with Crippen molar-refractivity contribution in [1.29, 1.82) is 0 Å². The number of benzene rings is 2. The molecule has 104 valence electrons. The molecule has 0 amide bonds. The van der Waals surface area contributed by atoms with Gasteiger partial charge in [-0.3, -0.25) is 4.79 Å². The highest BCUT2D eigenvalue weighted by atomic mass is 32.2. The monoisotopic (exact) mass is 290 g/mol. The van der Waals surface area contributed by atoms with Gasteiger partial charge in [0.25, 0.3) is 0 Å². The highest BCUT2D eigenvalue weighted by Gasteiger charge is 2.29. The molecule has 4 nitrogen and oxygen atoms in total. The van der Waals surface area contributed by atoms with E-state index in [4.69, 9.17) is 5.11 Å². The van der Waals surface area contributed by atoms with Gasteiger partial charge in [-0.1, -0.05) is 42.5 Å². The Hall–Kier alpha value is -2.14. The fraction of sp³-hybridized carbons (Fsp3) is 0.133. The summed E-state index contributed by atoms with van der Waals surface area (Å²) < 4.78 is 24.1. The molecule has 0 spiro atoms. The van der Waals surface area contributed by atoms with Crippen molar-refractivity contribution in [3.63, 3.8) is 0 Å². The summed E-state index contributed by atoms with van der Waals surface area (Å²) in [7, 11) is -3.84. The van der Waals surface area contributed by atoms with Gasteiger partial charge >= 0.3 is 5.97 Å². The molecule has 1 N–H and O–H groups in total. The first-order valence-electron chi connectivity index (χ1n) is 6.05. The van der Waals surface area contributed by atoms with Crippen LogP contribution in [0.5, 0.6) is 0 Å². The summed E-state index contributed by atoms with van der Waals surface area (Å²) in [5, 5.41) is 7.38. The Morgan fingerprint density at radius 2 is 1.45 bits per heavy atom. The summed E-state index contributed by atoms with van der Waals surface area (Å²) >= 11 is 0. The number of hydrogen-bond donors (Lipinski definition) is 1. The standard InChI is InChI=1S/C15H14O4S/c1-11(15(16)17)20(18,19)14-9-7-13(8-10-14)12-5-3-2-4-6-12/h2-11H,1H3,(H,16,17)/t11-/m1/s1. The van der Waals surface area contributed by atoms with Crippen molar-refractivity contribution in [2.45, 2.75) is 17.1 Å². The van der Waals surface area contributed by atoms with Crippen molar-refractivity contribution in [2.24, 2.45) is 0 Å². The molecule has 0 aromatic heterocycles. The van der Waals surface area contributed by atoms with E-state index in [1.807, 2.05) is 30.3 Å². The van der Waals surface area contributed by atoms with Gasteiger partial charge in [-0.25, -0.2) is 8.42 Å². The summed E-state index contributed by atoms with van der Waals surface area (Å²) in [5.74, 6) is -1.35. The van der Waals surface area contributed by atoms with E-state index in [1.54, 1.807) is 12.1 Å². The van der Waals surface area contributed by atoms with Gasteiger partial charge in [-0.05, 0) is 30.2 Å².